The van der Waals surface area contributed by atoms with Crippen LogP contribution in [-0.4, -0.2) is 15.8 Å². The monoisotopic (exact) mass is 319 g/mol. The SMILES string of the molecule is Cc1c([C@@H](C)NC2CCCCC2)cnn1-c1ccc(F)cc1F. The molecule has 2 aromatic rings. The van der Waals surface area contributed by atoms with Crippen LogP contribution < -0.4 is 5.32 Å². The van der Waals surface area contributed by atoms with E-state index in [0.29, 0.717) is 6.04 Å². The minimum Gasteiger partial charge on any atom is -0.307 e. The van der Waals surface area contributed by atoms with Gasteiger partial charge in [-0.05, 0) is 38.8 Å². The van der Waals surface area contributed by atoms with Crippen molar-refractivity contribution in [3.8, 4) is 5.69 Å². The Hall–Kier alpha value is -1.75. The third-order valence-corrected chi connectivity index (χ3v) is 4.74. The molecular weight excluding hydrogens is 296 g/mol. The molecule has 0 amide bonds. The highest BCUT2D eigenvalue weighted by atomic mass is 19.1. The van der Waals surface area contributed by atoms with E-state index >= 15 is 0 Å². The fourth-order valence-electron chi connectivity index (χ4n) is 3.46. The summed E-state index contributed by atoms with van der Waals surface area (Å²) in [7, 11) is 0. The van der Waals surface area contributed by atoms with Crippen LogP contribution in [0.25, 0.3) is 5.69 Å². The molecule has 0 spiro atoms. The first-order valence-electron chi connectivity index (χ1n) is 8.32. The molecule has 1 heterocycles. The highest BCUT2D eigenvalue weighted by Gasteiger charge is 2.20. The summed E-state index contributed by atoms with van der Waals surface area (Å²) in [5.74, 6) is -1.18. The number of aromatic nitrogens is 2. The van der Waals surface area contributed by atoms with E-state index in [1.807, 2.05) is 6.92 Å². The van der Waals surface area contributed by atoms with Crippen LogP contribution in [0.5, 0.6) is 0 Å². The number of rotatable bonds is 4. The second-order valence-electron chi connectivity index (χ2n) is 6.42. The van der Waals surface area contributed by atoms with Crippen LogP contribution in [0.15, 0.2) is 24.4 Å². The second kappa shape index (κ2) is 6.79. The van der Waals surface area contributed by atoms with Gasteiger partial charge < -0.3 is 5.32 Å². The molecule has 0 unspecified atom stereocenters. The average molecular weight is 319 g/mol. The molecule has 0 radical (unpaired) electrons. The first-order chi connectivity index (χ1) is 11.1. The fraction of sp³-hybridized carbons (Fsp3) is 0.500. The summed E-state index contributed by atoms with van der Waals surface area (Å²) in [6.07, 6.45) is 8.09. The second-order valence-corrected chi connectivity index (χ2v) is 6.42. The number of nitrogens with one attached hydrogen (secondary N) is 1. The van der Waals surface area contributed by atoms with E-state index in [2.05, 4.69) is 17.3 Å². The summed E-state index contributed by atoms with van der Waals surface area (Å²) in [5.41, 5.74) is 2.21. The maximum absolute atomic E-state index is 14.0. The van der Waals surface area contributed by atoms with Crippen LogP contribution in [0, 0.1) is 18.6 Å². The molecule has 3 nitrogen and oxygen atoms in total. The lowest BCUT2D eigenvalue weighted by molar-refractivity contribution is 0.346. The molecule has 1 aromatic heterocycles. The van der Waals surface area contributed by atoms with Gasteiger partial charge in [0.25, 0.3) is 0 Å². The number of nitrogens with zero attached hydrogens (tertiary/aromatic N) is 2. The molecule has 23 heavy (non-hydrogen) atoms. The van der Waals surface area contributed by atoms with Crippen molar-refractivity contribution in [1.82, 2.24) is 15.1 Å². The van der Waals surface area contributed by atoms with Gasteiger partial charge in [0.2, 0.25) is 0 Å². The maximum Gasteiger partial charge on any atom is 0.151 e. The molecule has 1 fully saturated rings. The zero-order valence-corrected chi connectivity index (χ0v) is 13.6. The van der Waals surface area contributed by atoms with Crippen molar-refractivity contribution in [2.45, 2.75) is 58.0 Å². The molecule has 0 aliphatic heterocycles. The van der Waals surface area contributed by atoms with Crippen molar-refractivity contribution in [2.75, 3.05) is 0 Å². The molecule has 1 aliphatic rings. The Bertz CT molecular complexity index is 675. The van der Waals surface area contributed by atoms with Gasteiger partial charge >= 0.3 is 0 Å². The van der Waals surface area contributed by atoms with Crippen molar-refractivity contribution in [1.29, 1.82) is 0 Å². The normalized spacial score (nSPS) is 17.4. The fourth-order valence-corrected chi connectivity index (χ4v) is 3.46. The topological polar surface area (TPSA) is 29.9 Å². The maximum atomic E-state index is 14.0. The van der Waals surface area contributed by atoms with Gasteiger partial charge in [-0.25, -0.2) is 13.5 Å². The summed E-state index contributed by atoms with van der Waals surface area (Å²) >= 11 is 0. The predicted octanol–water partition coefficient (Wildman–Crippen LogP) is 4.44. The van der Waals surface area contributed by atoms with Crippen molar-refractivity contribution >= 4 is 0 Å². The lowest BCUT2D eigenvalue weighted by atomic mass is 9.94. The summed E-state index contributed by atoms with van der Waals surface area (Å²) in [5, 5.41) is 7.96. The van der Waals surface area contributed by atoms with Crippen LogP contribution in [0.2, 0.25) is 0 Å². The third-order valence-electron chi connectivity index (χ3n) is 4.74. The Morgan fingerprint density at radius 1 is 1.22 bits per heavy atom. The smallest absolute Gasteiger partial charge is 0.151 e. The zero-order valence-electron chi connectivity index (χ0n) is 13.6. The lowest BCUT2D eigenvalue weighted by Gasteiger charge is -2.26. The van der Waals surface area contributed by atoms with Crippen LogP contribution in [-0.2, 0) is 0 Å². The Morgan fingerprint density at radius 2 is 1.96 bits per heavy atom. The van der Waals surface area contributed by atoms with Gasteiger partial charge in [0.1, 0.15) is 11.5 Å². The lowest BCUT2D eigenvalue weighted by Crippen LogP contribution is -2.33. The van der Waals surface area contributed by atoms with Gasteiger partial charge in [0.05, 0.1) is 6.20 Å². The van der Waals surface area contributed by atoms with Crippen LogP contribution in [0.3, 0.4) is 0 Å². The predicted molar refractivity (Wildman–Crippen MR) is 86.6 cm³/mol. The number of halogens is 2. The number of benzene rings is 1. The van der Waals surface area contributed by atoms with E-state index in [1.165, 1.54) is 44.2 Å². The molecule has 1 atom stereocenters. The minimum atomic E-state index is -0.601. The summed E-state index contributed by atoms with van der Waals surface area (Å²) < 4.78 is 28.6. The van der Waals surface area contributed by atoms with Crippen LogP contribution in [0.1, 0.15) is 56.3 Å². The van der Waals surface area contributed by atoms with E-state index < -0.39 is 11.6 Å². The number of hydrogen-bond donors (Lipinski definition) is 1. The Balaban J connectivity index is 1.80. The quantitative estimate of drug-likeness (QED) is 0.903. The van der Waals surface area contributed by atoms with Gasteiger partial charge in [0, 0.05) is 29.4 Å². The van der Waals surface area contributed by atoms with Crippen molar-refractivity contribution in [2.24, 2.45) is 0 Å². The van der Waals surface area contributed by atoms with Gasteiger partial charge in [-0.1, -0.05) is 19.3 Å². The molecule has 1 saturated carbocycles. The molecule has 124 valence electrons. The molecule has 1 aliphatic carbocycles. The standard InChI is InChI=1S/C18H23F2N3/c1-12(22-15-6-4-3-5-7-15)16-11-21-23(13(16)2)18-9-8-14(19)10-17(18)20/h8-12,15,22H,3-7H2,1-2H3/t12-/m1/s1. The molecule has 5 heteroatoms. The zero-order chi connectivity index (χ0) is 16.4. The summed E-state index contributed by atoms with van der Waals surface area (Å²) in [6, 6.07) is 4.27. The summed E-state index contributed by atoms with van der Waals surface area (Å²) in [4.78, 5) is 0. The highest BCUT2D eigenvalue weighted by Crippen LogP contribution is 2.25. The Labute approximate surface area is 135 Å². The van der Waals surface area contributed by atoms with E-state index in [9.17, 15) is 8.78 Å². The van der Waals surface area contributed by atoms with E-state index in [1.54, 1.807) is 10.9 Å². The van der Waals surface area contributed by atoms with E-state index in [4.69, 9.17) is 0 Å². The largest absolute Gasteiger partial charge is 0.307 e. The van der Waals surface area contributed by atoms with Crippen molar-refractivity contribution in [3.63, 3.8) is 0 Å². The Morgan fingerprint density at radius 3 is 2.65 bits per heavy atom. The van der Waals surface area contributed by atoms with Gasteiger partial charge in [-0.3, -0.25) is 0 Å². The average Bonchev–Trinajstić information content (AvgIpc) is 2.90. The van der Waals surface area contributed by atoms with E-state index in [0.717, 1.165) is 17.3 Å². The molecule has 1 N–H and O–H groups in total. The molecule has 1 aromatic carbocycles. The van der Waals surface area contributed by atoms with Crippen molar-refractivity contribution < 1.29 is 8.78 Å². The molecule has 3 rings (SSSR count). The number of hydrogen-bond acceptors (Lipinski definition) is 2. The van der Waals surface area contributed by atoms with Crippen LogP contribution in [0.4, 0.5) is 8.78 Å². The van der Waals surface area contributed by atoms with Gasteiger partial charge in [-0.2, -0.15) is 5.10 Å². The molecule has 0 bridgehead atoms. The van der Waals surface area contributed by atoms with Gasteiger partial charge in [0.15, 0.2) is 5.82 Å². The minimum absolute atomic E-state index is 0.162. The first-order valence-corrected chi connectivity index (χ1v) is 8.32. The van der Waals surface area contributed by atoms with Gasteiger partial charge in [-0.15, -0.1) is 0 Å². The molecule has 0 saturated heterocycles. The first kappa shape index (κ1) is 16.1. The van der Waals surface area contributed by atoms with E-state index in [-0.39, 0.29) is 11.7 Å². The Kier molecular flexibility index (Phi) is 4.76. The highest BCUT2D eigenvalue weighted by molar-refractivity contribution is 5.37. The van der Waals surface area contributed by atoms with Crippen LogP contribution >= 0.6 is 0 Å². The van der Waals surface area contributed by atoms with Crippen molar-refractivity contribution in [3.05, 3.63) is 47.3 Å². The third kappa shape index (κ3) is 3.44. The molecular formula is C18H23F2N3. The summed E-state index contributed by atoms with van der Waals surface area (Å²) in [6.45, 7) is 4.04.